The second-order valence-corrected chi connectivity index (χ2v) is 6.97. The van der Waals surface area contributed by atoms with E-state index in [0.717, 1.165) is 5.56 Å². The number of hydrogen-bond acceptors (Lipinski definition) is 5. The molecule has 0 bridgehead atoms. The Labute approximate surface area is 181 Å². The summed E-state index contributed by atoms with van der Waals surface area (Å²) in [7, 11) is 1.48. The highest BCUT2D eigenvalue weighted by molar-refractivity contribution is 5.95. The van der Waals surface area contributed by atoms with Crippen molar-refractivity contribution in [3.8, 4) is 17.2 Å². The van der Waals surface area contributed by atoms with Crippen LogP contribution in [-0.4, -0.2) is 24.9 Å². The highest BCUT2D eigenvalue weighted by Crippen LogP contribution is 2.29. The summed E-state index contributed by atoms with van der Waals surface area (Å²) in [4.78, 5) is 24.1. The van der Waals surface area contributed by atoms with Crippen LogP contribution in [0.5, 0.6) is 17.2 Å². The summed E-state index contributed by atoms with van der Waals surface area (Å²) in [6, 6.07) is 21.9. The molecule has 0 radical (unpaired) electrons. The second kappa shape index (κ2) is 10.3. The maximum atomic E-state index is 12.5. The molecular formula is C25H25NO5. The Morgan fingerprint density at radius 2 is 1.65 bits per heavy atom. The summed E-state index contributed by atoms with van der Waals surface area (Å²) in [5.74, 6) is 1.11. The van der Waals surface area contributed by atoms with E-state index in [9.17, 15) is 9.59 Å². The van der Waals surface area contributed by atoms with Crippen molar-refractivity contribution in [3.63, 3.8) is 0 Å². The van der Waals surface area contributed by atoms with Gasteiger partial charge in [-0.1, -0.05) is 30.3 Å². The number of rotatable bonds is 9. The summed E-state index contributed by atoms with van der Waals surface area (Å²) in [6.07, 6.45) is -0.772. The molecule has 0 spiro atoms. The summed E-state index contributed by atoms with van der Waals surface area (Å²) in [5, 5.41) is 2.82. The smallest absolute Gasteiger partial charge is 0.265 e. The lowest BCUT2D eigenvalue weighted by Crippen LogP contribution is -2.30. The SMILES string of the molecule is COc1cc(C(C)=O)ccc1O[C@H](C)C(=O)Nc1ccc(OCc2ccccc2)cc1. The number of Topliss-reactive ketones (excluding diaryl/α,β-unsaturated/α-hetero) is 1. The van der Waals surface area contributed by atoms with Crippen LogP contribution in [0.2, 0.25) is 0 Å². The van der Waals surface area contributed by atoms with Crippen molar-refractivity contribution in [1.82, 2.24) is 0 Å². The van der Waals surface area contributed by atoms with Crippen molar-refractivity contribution in [2.24, 2.45) is 0 Å². The highest BCUT2D eigenvalue weighted by atomic mass is 16.5. The first kappa shape index (κ1) is 21.9. The topological polar surface area (TPSA) is 73.9 Å². The predicted molar refractivity (Wildman–Crippen MR) is 119 cm³/mol. The first-order valence-corrected chi connectivity index (χ1v) is 9.89. The van der Waals surface area contributed by atoms with Crippen molar-refractivity contribution < 1.29 is 23.8 Å². The zero-order valence-electron chi connectivity index (χ0n) is 17.8. The molecule has 0 aliphatic carbocycles. The molecule has 1 atom stereocenters. The molecule has 0 fully saturated rings. The Morgan fingerprint density at radius 1 is 0.935 bits per heavy atom. The second-order valence-electron chi connectivity index (χ2n) is 6.97. The number of hydrogen-bond donors (Lipinski definition) is 1. The molecule has 3 rings (SSSR count). The van der Waals surface area contributed by atoms with Crippen LogP contribution in [0.3, 0.4) is 0 Å². The molecular weight excluding hydrogens is 394 g/mol. The quantitative estimate of drug-likeness (QED) is 0.500. The minimum atomic E-state index is -0.772. The Kier molecular flexibility index (Phi) is 7.27. The van der Waals surface area contributed by atoms with Gasteiger partial charge in [0.05, 0.1) is 7.11 Å². The van der Waals surface area contributed by atoms with Crippen LogP contribution in [0.1, 0.15) is 29.8 Å². The van der Waals surface area contributed by atoms with Gasteiger partial charge in [-0.2, -0.15) is 0 Å². The lowest BCUT2D eigenvalue weighted by Gasteiger charge is -2.17. The Hall–Kier alpha value is -3.80. The molecule has 160 valence electrons. The van der Waals surface area contributed by atoms with Crippen molar-refractivity contribution in [1.29, 1.82) is 0 Å². The van der Waals surface area contributed by atoms with E-state index in [2.05, 4.69) is 5.32 Å². The number of benzene rings is 3. The average Bonchev–Trinajstić information content (AvgIpc) is 2.79. The number of nitrogens with one attached hydrogen (secondary N) is 1. The van der Waals surface area contributed by atoms with Gasteiger partial charge in [0.1, 0.15) is 12.4 Å². The third-order valence-electron chi connectivity index (χ3n) is 4.61. The Balaban J connectivity index is 1.56. The molecule has 0 aliphatic rings. The summed E-state index contributed by atoms with van der Waals surface area (Å²) < 4.78 is 16.8. The molecule has 0 saturated carbocycles. The van der Waals surface area contributed by atoms with Crippen LogP contribution in [0.4, 0.5) is 5.69 Å². The molecule has 6 nitrogen and oxygen atoms in total. The molecule has 31 heavy (non-hydrogen) atoms. The van der Waals surface area contributed by atoms with E-state index in [1.54, 1.807) is 49.4 Å². The minimum Gasteiger partial charge on any atom is -0.493 e. The predicted octanol–water partition coefficient (Wildman–Crippen LogP) is 4.88. The van der Waals surface area contributed by atoms with Gasteiger partial charge >= 0.3 is 0 Å². The number of carbonyl (C=O) groups is 2. The Morgan fingerprint density at radius 3 is 2.29 bits per heavy atom. The van der Waals surface area contributed by atoms with Gasteiger partial charge in [0.2, 0.25) is 0 Å². The fourth-order valence-electron chi connectivity index (χ4n) is 2.85. The fourth-order valence-corrected chi connectivity index (χ4v) is 2.85. The number of methoxy groups -OCH3 is 1. The normalized spacial score (nSPS) is 11.3. The van der Waals surface area contributed by atoms with Gasteiger partial charge in [0, 0.05) is 11.3 Å². The van der Waals surface area contributed by atoms with Gasteiger partial charge in [0.25, 0.3) is 5.91 Å². The Bertz CT molecular complexity index is 1030. The number of ketones is 1. The molecule has 1 N–H and O–H groups in total. The van der Waals surface area contributed by atoms with Gasteiger partial charge in [-0.25, -0.2) is 0 Å². The van der Waals surface area contributed by atoms with Crippen LogP contribution in [-0.2, 0) is 11.4 Å². The molecule has 3 aromatic carbocycles. The van der Waals surface area contributed by atoms with Crippen molar-refractivity contribution >= 4 is 17.4 Å². The largest absolute Gasteiger partial charge is 0.493 e. The van der Waals surface area contributed by atoms with E-state index in [-0.39, 0.29) is 11.7 Å². The highest BCUT2D eigenvalue weighted by Gasteiger charge is 2.18. The van der Waals surface area contributed by atoms with Gasteiger partial charge in [0.15, 0.2) is 23.4 Å². The van der Waals surface area contributed by atoms with Crippen LogP contribution in [0, 0.1) is 0 Å². The molecule has 6 heteroatoms. The fraction of sp³-hybridized carbons (Fsp3) is 0.200. The van der Waals surface area contributed by atoms with E-state index in [0.29, 0.717) is 35.1 Å². The number of ether oxygens (including phenoxy) is 3. The molecule has 1 amide bonds. The maximum Gasteiger partial charge on any atom is 0.265 e. The maximum absolute atomic E-state index is 12.5. The van der Waals surface area contributed by atoms with Gasteiger partial charge in [-0.3, -0.25) is 9.59 Å². The van der Waals surface area contributed by atoms with Gasteiger partial charge in [-0.15, -0.1) is 0 Å². The van der Waals surface area contributed by atoms with E-state index in [4.69, 9.17) is 14.2 Å². The lowest BCUT2D eigenvalue weighted by molar-refractivity contribution is -0.122. The van der Waals surface area contributed by atoms with E-state index < -0.39 is 6.10 Å². The molecule has 0 unspecified atom stereocenters. The third kappa shape index (κ3) is 6.09. The summed E-state index contributed by atoms with van der Waals surface area (Å²) in [5.41, 5.74) is 2.22. The van der Waals surface area contributed by atoms with E-state index >= 15 is 0 Å². The van der Waals surface area contributed by atoms with Crippen LogP contribution < -0.4 is 19.5 Å². The zero-order valence-corrected chi connectivity index (χ0v) is 17.8. The molecule has 0 saturated heterocycles. The van der Waals surface area contributed by atoms with Crippen molar-refractivity contribution in [3.05, 3.63) is 83.9 Å². The van der Waals surface area contributed by atoms with Crippen molar-refractivity contribution in [2.75, 3.05) is 12.4 Å². The standard InChI is InChI=1S/C25H25NO5/c1-17(27)20-9-14-23(24(15-20)29-3)31-18(2)25(28)26-21-10-12-22(13-11-21)30-16-19-7-5-4-6-8-19/h4-15,18H,16H2,1-3H3,(H,26,28)/t18-/m1/s1. The first-order valence-electron chi connectivity index (χ1n) is 9.89. The van der Waals surface area contributed by atoms with E-state index in [1.807, 2.05) is 30.3 Å². The number of anilines is 1. The molecule has 0 aliphatic heterocycles. The van der Waals surface area contributed by atoms with Crippen molar-refractivity contribution in [2.45, 2.75) is 26.6 Å². The minimum absolute atomic E-state index is 0.0770. The van der Waals surface area contributed by atoms with Gasteiger partial charge < -0.3 is 19.5 Å². The lowest BCUT2D eigenvalue weighted by atomic mass is 10.1. The number of amides is 1. The monoisotopic (exact) mass is 419 g/mol. The molecule has 3 aromatic rings. The van der Waals surface area contributed by atoms with Crippen LogP contribution in [0.25, 0.3) is 0 Å². The average molecular weight is 419 g/mol. The number of carbonyl (C=O) groups excluding carboxylic acids is 2. The zero-order chi connectivity index (χ0) is 22.2. The van der Waals surface area contributed by atoms with Gasteiger partial charge in [-0.05, 0) is 61.9 Å². The van der Waals surface area contributed by atoms with Crippen LogP contribution in [0.15, 0.2) is 72.8 Å². The summed E-state index contributed by atoms with van der Waals surface area (Å²) in [6.45, 7) is 3.59. The third-order valence-corrected chi connectivity index (χ3v) is 4.61. The van der Waals surface area contributed by atoms with E-state index in [1.165, 1.54) is 14.0 Å². The van der Waals surface area contributed by atoms with Crippen LogP contribution >= 0.6 is 0 Å². The first-order chi connectivity index (χ1) is 15.0. The molecule has 0 heterocycles. The summed E-state index contributed by atoms with van der Waals surface area (Å²) >= 11 is 0. The molecule has 0 aromatic heterocycles.